The summed E-state index contributed by atoms with van der Waals surface area (Å²) in [5, 5.41) is 24.0. The van der Waals surface area contributed by atoms with Crippen LogP contribution in [0.5, 0.6) is 0 Å². The molecule has 0 aliphatic carbocycles. The minimum absolute atomic E-state index is 0.211. The smallest absolute Gasteiger partial charge is 0.0529 e. The second-order valence-electron chi connectivity index (χ2n) is 9.51. The Kier molecular flexibility index (Phi) is 15.2. The van der Waals surface area contributed by atoms with Gasteiger partial charge in [-0.05, 0) is 38.7 Å². The second-order valence-corrected chi connectivity index (χ2v) is 9.51. The molecule has 0 amide bonds. The summed E-state index contributed by atoms with van der Waals surface area (Å²) in [7, 11) is 0. The lowest BCUT2D eigenvalue weighted by atomic mass is 9.81. The molecule has 2 unspecified atom stereocenters. The van der Waals surface area contributed by atoms with E-state index in [9.17, 15) is 10.2 Å². The zero-order valence-electron chi connectivity index (χ0n) is 20.0. The van der Waals surface area contributed by atoms with E-state index in [2.05, 4.69) is 36.5 Å². The molecule has 0 spiro atoms. The zero-order chi connectivity index (χ0) is 22.1. The van der Waals surface area contributed by atoms with Gasteiger partial charge >= 0.3 is 0 Å². The Morgan fingerprint density at radius 2 is 1.20 bits per heavy atom. The van der Waals surface area contributed by atoms with Gasteiger partial charge in [0, 0.05) is 12.1 Å². The standard InChI is InChI=1S/C27H49NO2/c1-4-5-6-7-8-9-10-11-12-13-17-20-27(21-24(2)29,22-25(3)30)28-23-26-18-15-14-16-19-26/h14-16,18-19,24-25,28-30H,4-13,17,20-23H2,1-3H3. The maximum absolute atomic E-state index is 10.2. The Hall–Kier alpha value is -0.900. The summed E-state index contributed by atoms with van der Waals surface area (Å²) in [6.45, 7) is 6.77. The zero-order valence-corrected chi connectivity index (χ0v) is 20.0. The molecular formula is C27H49NO2. The van der Waals surface area contributed by atoms with Crippen LogP contribution in [0.1, 0.15) is 116 Å². The fraction of sp³-hybridized carbons (Fsp3) is 0.778. The van der Waals surface area contributed by atoms with Crippen LogP contribution in [0.4, 0.5) is 0 Å². The largest absolute Gasteiger partial charge is 0.393 e. The summed E-state index contributed by atoms with van der Waals surface area (Å²) in [6.07, 6.45) is 16.3. The molecule has 0 aliphatic heterocycles. The van der Waals surface area contributed by atoms with E-state index in [1.54, 1.807) is 0 Å². The van der Waals surface area contributed by atoms with E-state index in [-0.39, 0.29) is 17.7 Å². The Balaban J connectivity index is 2.41. The summed E-state index contributed by atoms with van der Waals surface area (Å²) >= 11 is 0. The first kappa shape index (κ1) is 27.1. The van der Waals surface area contributed by atoms with Gasteiger partial charge in [-0.25, -0.2) is 0 Å². The van der Waals surface area contributed by atoms with Crippen molar-refractivity contribution < 1.29 is 10.2 Å². The van der Waals surface area contributed by atoms with Gasteiger partial charge in [0.15, 0.2) is 0 Å². The number of benzene rings is 1. The molecule has 1 aromatic rings. The molecule has 0 saturated carbocycles. The van der Waals surface area contributed by atoms with Gasteiger partial charge in [-0.3, -0.25) is 0 Å². The van der Waals surface area contributed by atoms with Gasteiger partial charge in [0.05, 0.1) is 12.2 Å². The van der Waals surface area contributed by atoms with Crippen LogP contribution < -0.4 is 5.32 Å². The van der Waals surface area contributed by atoms with Crippen LogP contribution in [-0.4, -0.2) is 28.0 Å². The number of nitrogens with one attached hydrogen (secondary N) is 1. The van der Waals surface area contributed by atoms with Gasteiger partial charge in [0.1, 0.15) is 0 Å². The number of hydrogen-bond acceptors (Lipinski definition) is 3. The maximum atomic E-state index is 10.2. The van der Waals surface area contributed by atoms with E-state index in [4.69, 9.17) is 0 Å². The van der Waals surface area contributed by atoms with Crippen molar-refractivity contribution in [1.29, 1.82) is 0 Å². The summed E-state index contributed by atoms with van der Waals surface area (Å²) in [4.78, 5) is 0. The molecule has 0 heterocycles. The van der Waals surface area contributed by atoms with Crippen molar-refractivity contribution in [3.8, 4) is 0 Å². The van der Waals surface area contributed by atoms with E-state index in [0.717, 1.165) is 19.4 Å². The predicted molar refractivity (Wildman–Crippen MR) is 130 cm³/mol. The Bertz CT molecular complexity index is 491. The van der Waals surface area contributed by atoms with Crippen molar-refractivity contribution in [3.05, 3.63) is 35.9 Å². The first-order valence-corrected chi connectivity index (χ1v) is 12.6. The minimum atomic E-state index is -0.375. The van der Waals surface area contributed by atoms with Gasteiger partial charge in [-0.2, -0.15) is 0 Å². The average molecular weight is 420 g/mol. The van der Waals surface area contributed by atoms with Crippen LogP contribution in [0.3, 0.4) is 0 Å². The molecule has 3 N–H and O–H groups in total. The monoisotopic (exact) mass is 419 g/mol. The van der Waals surface area contributed by atoms with E-state index in [1.807, 2.05) is 19.9 Å². The van der Waals surface area contributed by atoms with Gasteiger partial charge in [-0.15, -0.1) is 0 Å². The molecule has 1 aromatic carbocycles. The van der Waals surface area contributed by atoms with E-state index in [1.165, 1.54) is 69.8 Å². The van der Waals surface area contributed by atoms with Crippen molar-refractivity contribution in [1.82, 2.24) is 5.32 Å². The molecule has 30 heavy (non-hydrogen) atoms. The lowest BCUT2D eigenvalue weighted by Gasteiger charge is -2.38. The second kappa shape index (κ2) is 16.8. The number of unbranched alkanes of at least 4 members (excludes halogenated alkanes) is 10. The van der Waals surface area contributed by atoms with Crippen LogP contribution in [0.25, 0.3) is 0 Å². The molecule has 174 valence electrons. The first-order chi connectivity index (χ1) is 14.5. The molecule has 3 nitrogen and oxygen atoms in total. The van der Waals surface area contributed by atoms with E-state index >= 15 is 0 Å². The highest BCUT2D eigenvalue weighted by Gasteiger charge is 2.32. The normalized spacial score (nSPS) is 15.6. The fourth-order valence-electron chi connectivity index (χ4n) is 4.66. The molecule has 0 saturated heterocycles. The van der Waals surface area contributed by atoms with Crippen molar-refractivity contribution in [2.75, 3.05) is 0 Å². The number of aliphatic hydroxyl groups excluding tert-OH is 2. The molecule has 0 aromatic heterocycles. The summed E-state index contributed by atoms with van der Waals surface area (Å²) < 4.78 is 0. The van der Waals surface area contributed by atoms with Gasteiger partial charge in [-0.1, -0.05) is 108 Å². The van der Waals surface area contributed by atoms with Crippen molar-refractivity contribution in [3.63, 3.8) is 0 Å². The molecule has 0 radical (unpaired) electrons. The Labute approximate surface area is 186 Å². The third-order valence-electron chi connectivity index (χ3n) is 6.14. The molecular weight excluding hydrogens is 370 g/mol. The van der Waals surface area contributed by atoms with Crippen LogP contribution in [0.2, 0.25) is 0 Å². The van der Waals surface area contributed by atoms with Crippen molar-refractivity contribution in [2.45, 2.75) is 135 Å². The molecule has 3 heteroatoms. The highest BCUT2D eigenvalue weighted by Crippen LogP contribution is 2.28. The highest BCUT2D eigenvalue weighted by molar-refractivity contribution is 5.14. The van der Waals surface area contributed by atoms with Crippen molar-refractivity contribution in [2.24, 2.45) is 0 Å². The molecule has 1 rings (SSSR count). The van der Waals surface area contributed by atoms with Crippen molar-refractivity contribution >= 4 is 0 Å². The molecule has 0 bridgehead atoms. The maximum Gasteiger partial charge on any atom is 0.0529 e. The highest BCUT2D eigenvalue weighted by atomic mass is 16.3. The predicted octanol–water partition coefficient (Wildman–Crippen LogP) is 6.76. The number of rotatable bonds is 19. The molecule has 0 aliphatic rings. The Morgan fingerprint density at radius 3 is 1.67 bits per heavy atom. The van der Waals surface area contributed by atoms with Gasteiger partial charge in [0.2, 0.25) is 0 Å². The lowest BCUT2D eigenvalue weighted by Crippen LogP contribution is -2.49. The quantitative estimate of drug-likeness (QED) is 0.217. The molecule has 2 atom stereocenters. The lowest BCUT2D eigenvalue weighted by molar-refractivity contribution is 0.0775. The average Bonchev–Trinajstić information content (AvgIpc) is 2.70. The van der Waals surface area contributed by atoms with Gasteiger partial charge < -0.3 is 15.5 Å². The summed E-state index contributed by atoms with van der Waals surface area (Å²) in [6, 6.07) is 10.4. The Morgan fingerprint density at radius 1 is 0.733 bits per heavy atom. The van der Waals surface area contributed by atoms with E-state index < -0.39 is 0 Å². The fourth-order valence-corrected chi connectivity index (χ4v) is 4.66. The van der Waals surface area contributed by atoms with Crippen LogP contribution in [-0.2, 0) is 6.54 Å². The third-order valence-corrected chi connectivity index (χ3v) is 6.14. The molecule has 0 fully saturated rings. The number of hydrogen-bond donors (Lipinski definition) is 3. The van der Waals surface area contributed by atoms with Crippen LogP contribution in [0.15, 0.2) is 30.3 Å². The third kappa shape index (κ3) is 13.4. The van der Waals surface area contributed by atoms with Gasteiger partial charge in [0.25, 0.3) is 0 Å². The number of aliphatic hydroxyl groups is 2. The summed E-state index contributed by atoms with van der Waals surface area (Å²) in [5.41, 5.74) is 1.04. The minimum Gasteiger partial charge on any atom is -0.393 e. The topological polar surface area (TPSA) is 52.5 Å². The van der Waals surface area contributed by atoms with Crippen LogP contribution in [0, 0.1) is 0 Å². The first-order valence-electron chi connectivity index (χ1n) is 12.6. The van der Waals surface area contributed by atoms with Crippen LogP contribution >= 0.6 is 0 Å². The SMILES string of the molecule is CCCCCCCCCCCCCC(CC(C)O)(CC(C)O)NCc1ccccc1. The summed E-state index contributed by atoms with van der Waals surface area (Å²) in [5.74, 6) is 0. The van der Waals surface area contributed by atoms with E-state index in [0.29, 0.717) is 12.8 Å².